The molecule has 0 aliphatic rings. The highest BCUT2D eigenvalue weighted by atomic mass is 32.2. The highest BCUT2D eigenvalue weighted by Crippen LogP contribution is 2.36. The molecule has 0 aromatic heterocycles. The number of rotatable bonds is 5. The van der Waals surface area contributed by atoms with Crippen LogP contribution in [-0.4, -0.2) is 32.1 Å². The van der Waals surface area contributed by atoms with Crippen molar-refractivity contribution in [2.45, 2.75) is 16.7 Å². The molecule has 8 heteroatoms. The second kappa shape index (κ2) is 8.39. The van der Waals surface area contributed by atoms with Crippen molar-refractivity contribution in [2.24, 2.45) is 0 Å². The first-order chi connectivity index (χ1) is 12.3. The average Bonchev–Trinajstić information content (AvgIpc) is 2.62. The van der Waals surface area contributed by atoms with Crippen molar-refractivity contribution in [1.82, 2.24) is 0 Å². The molecule has 0 radical (unpaired) electrons. The van der Waals surface area contributed by atoms with Crippen LogP contribution in [0.1, 0.15) is 27.6 Å². The van der Waals surface area contributed by atoms with E-state index in [4.69, 9.17) is 19.9 Å². The molecule has 26 heavy (non-hydrogen) atoms. The smallest absolute Gasteiger partial charge is 0.339 e. The van der Waals surface area contributed by atoms with Crippen molar-refractivity contribution >= 4 is 35.4 Å². The van der Waals surface area contributed by atoms with Crippen LogP contribution in [0.4, 0.5) is 5.69 Å². The van der Waals surface area contributed by atoms with Gasteiger partial charge in [-0.15, -0.1) is 0 Å². The molecule has 0 spiro atoms. The molecule has 0 aliphatic heterocycles. The first kappa shape index (κ1) is 19.3. The van der Waals surface area contributed by atoms with Crippen LogP contribution in [0, 0.1) is 0 Å². The third-order valence-corrected chi connectivity index (χ3v) is 4.42. The second-order valence-electron chi connectivity index (χ2n) is 5.09. The lowest BCUT2D eigenvalue weighted by atomic mass is 10.1. The monoisotopic (exact) mass is 375 g/mol. The first-order valence-electron chi connectivity index (χ1n) is 7.42. The standard InChI is InChI=1S/C18H17NO6S/c1-10(20)25-12-5-7-15(14(19)9-12)26-16-8-11(17(21)23-2)4-6-13(16)18(22)24-3/h4-9H,19H2,1-3H3. The fraction of sp³-hybridized carbons (Fsp3) is 0.167. The van der Waals surface area contributed by atoms with E-state index in [1.54, 1.807) is 12.1 Å². The van der Waals surface area contributed by atoms with E-state index in [0.29, 0.717) is 21.2 Å². The number of methoxy groups -OCH3 is 2. The first-order valence-corrected chi connectivity index (χ1v) is 8.23. The van der Waals surface area contributed by atoms with Crippen molar-refractivity contribution in [3.63, 3.8) is 0 Å². The minimum atomic E-state index is -0.543. The summed E-state index contributed by atoms with van der Waals surface area (Å²) in [5.74, 6) is -1.21. The Kier molecular flexibility index (Phi) is 6.24. The number of carbonyl (C=O) groups is 3. The Morgan fingerprint density at radius 1 is 0.923 bits per heavy atom. The molecular formula is C18H17NO6S. The summed E-state index contributed by atoms with van der Waals surface area (Å²) >= 11 is 1.18. The summed E-state index contributed by atoms with van der Waals surface area (Å²) in [4.78, 5) is 35.9. The van der Waals surface area contributed by atoms with Gasteiger partial charge in [-0.1, -0.05) is 11.8 Å². The summed E-state index contributed by atoms with van der Waals surface area (Å²) in [6.45, 7) is 1.29. The van der Waals surface area contributed by atoms with E-state index in [-0.39, 0.29) is 11.1 Å². The number of hydrogen-bond donors (Lipinski definition) is 1. The maximum absolute atomic E-state index is 12.0. The van der Waals surface area contributed by atoms with Crippen LogP contribution in [-0.2, 0) is 14.3 Å². The van der Waals surface area contributed by atoms with Crippen LogP contribution in [0.5, 0.6) is 5.75 Å². The average molecular weight is 375 g/mol. The van der Waals surface area contributed by atoms with Gasteiger partial charge in [-0.3, -0.25) is 4.79 Å². The van der Waals surface area contributed by atoms with Gasteiger partial charge in [0.2, 0.25) is 0 Å². The number of ether oxygens (including phenoxy) is 3. The van der Waals surface area contributed by atoms with Crippen LogP contribution in [0.15, 0.2) is 46.2 Å². The number of nitrogen functional groups attached to an aromatic ring is 1. The SMILES string of the molecule is COC(=O)c1ccc(C(=O)OC)c(Sc2ccc(OC(C)=O)cc2N)c1. The zero-order valence-corrected chi connectivity index (χ0v) is 15.2. The van der Waals surface area contributed by atoms with Crippen LogP contribution in [0.3, 0.4) is 0 Å². The van der Waals surface area contributed by atoms with Crippen molar-refractivity contribution in [2.75, 3.05) is 20.0 Å². The van der Waals surface area contributed by atoms with Crippen LogP contribution in [0.25, 0.3) is 0 Å². The van der Waals surface area contributed by atoms with Gasteiger partial charge in [-0.25, -0.2) is 9.59 Å². The topological polar surface area (TPSA) is 105 Å². The quantitative estimate of drug-likeness (QED) is 0.483. The minimum Gasteiger partial charge on any atom is -0.465 e. The van der Waals surface area contributed by atoms with Crippen molar-refractivity contribution in [1.29, 1.82) is 0 Å². The van der Waals surface area contributed by atoms with Crippen LogP contribution in [0.2, 0.25) is 0 Å². The van der Waals surface area contributed by atoms with E-state index < -0.39 is 17.9 Å². The van der Waals surface area contributed by atoms with Gasteiger partial charge in [0.15, 0.2) is 0 Å². The molecule has 2 N–H and O–H groups in total. The number of esters is 3. The molecule has 0 saturated carbocycles. The molecular weight excluding hydrogens is 358 g/mol. The Hall–Kier alpha value is -3.00. The van der Waals surface area contributed by atoms with Gasteiger partial charge in [0.05, 0.1) is 25.3 Å². The van der Waals surface area contributed by atoms with Crippen molar-refractivity contribution in [3.8, 4) is 5.75 Å². The molecule has 0 saturated heterocycles. The summed E-state index contributed by atoms with van der Waals surface area (Å²) in [7, 11) is 2.54. The van der Waals surface area contributed by atoms with Crippen molar-refractivity contribution in [3.05, 3.63) is 47.5 Å². The van der Waals surface area contributed by atoms with Gasteiger partial charge in [-0.05, 0) is 30.3 Å². The molecule has 0 atom stereocenters. The zero-order chi connectivity index (χ0) is 19.3. The molecule has 2 aromatic rings. The fourth-order valence-corrected chi connectivity index (χ4v) is 3.09. The molecule has 136 valence electrons. The summed E-state index contributed by atoms with van der Waals surface area (Å²) < 4.78 is 14.5. The predicted octanol–water partition coefficient (Wildman–Crippen LogP) is 2.92. The Morgan fingerprint density at radius 2 is 1.62 bits per heavy atom. The van der Waals surface area contributed by atoms with E-state index in [1.165, 1.54) is 57.2 Å². The predicted molar refractivity (Wildman–Crippen MR) is 95.4 cm³/mol. The summed E-state index contributed by atoms with van der Waals surface area (Å²) in [5.41, 5.74) is 6.94. The highest BCUT2D eigenvalue weighted by Gasteiger charge is 2.17. The third kappa shape index (κ3) is 4.54. The Bertz CT molecular complexity index is 865. The summed E-state index contributed by atoms with van der Waals surface area (Å²) in [6.07, 6.45) is 0. The molecule has 2 rings (SSSR count). The van der Waals surface area contributed by atoms with E-state index in [0.717, 1.165) is 0 Å². The van der Waals surface area contributed by atoms with Gasteiger partial charge in [0.25, 0.3) is 0 Å². The minimum absolute atomic E-state index is 0.286. The van der Waals surface area contributed by atoms with Gasteiger partial charge in [0, 0.05) is 28.5 Å². The van der Waals surface area contributed by atoms with Gasteiger partial charge in [0.1, 0.15) is 5.75 Å². The number of anilines is 1. The van der Waals surface area contributed by atoms with Crippen LogP contribution < -0.4 is 10.5 Å². The van der Waals surface area contributed by atoms with E-state index in [9.17, 15) is 14.4 Å². The van der Waals surface area contributed by atoms with Crippen molar-refractivity contribution < 1.29 is 28.6 Å². The summed E-state index contributed by atoms with van der Waals surface area (Å²) in [6, 6.07) is 9.25. The molecule has 0 unspecified atom stereocenters. The molecule has 7 nitrogen and oxygen atoms in total. The zero-order valence-electron chi connectivity index (χ0n) is 14.4. The maximum Gasteiger partial charge on any atom is 0.339 e. The van der Waals surface area contributed by atoms with E-state index in [2.05, 4.69) is 0 Å². The lowest BCUT2D eigenvalue weighted by Gasteiger charge is -2.12. The Morgan fingerprint density at radius 3 is 2.19 bits per heavy atom. The third-order valence-electron chi connectivity index (χ3n) is 3.27. The van der Waals surface area contributed by atoms with Gasteiger partial charge in [-0.2, -0.15) is 0 Å². The molecule has 0 amide bonds. The normalized spacial score (nSPS) is 10.1. The Balaban J connectivity index is 2.41. The molecule has 2 aromatic carbocycles. The molecule has 0 bridgehead atoms. The lowest BCUT2D eigenvalue weighted by molar-refractivity contribution is -0.131. The maximum atomic E-state index is 12.0. The van der Waals surface area contributed by atoms with Gasteiger partial charge < -0.3 is 19.9 Å². The number of benzene rings is 2. The van der Waals surface area contributed by atoms with E-state index >= 15 is 0 Å². The number of carbonyl (C=O) groups excluding carboxylic acids is 3. The van der Waals surface area contributed by atoms with E-state index in [1.807, 2.05) is 0 Å². The lowest BCUT2D eigenvalue weighted by Crippen LogP contribution is -2.07. The largest absolute Gasteiger partial charge is 0.465 e. The second-order valence-corrected chi connectivity index (χ2v) is 6.17. The molecule has 0 aliphatic carbocycles. The molecule has 0 fully saturated rings. The van der Waals surface area contributed by atoms with Gasteiger partial charge >= 0.3 is 17.9 Å². The molecule has 0 heterocycles. The fourth-order valence-electron chi connectivity index (χ4n) is 2.10. The Labute approximate surface area is 154 Å². The van der Waals surface area contributed by atoms with Crippen LogP contribution >= 0.6 is 11.8 Å². The number of hydrogen-bond acceptors (Lipinski definition) is 8. The number of nitrogens with two attached hydrogens (primary N) is 1. The summed E-state index contributed by atoms with van der Waals surface area (Å²) in [5, 5.41) is 0. The highest BCUT2D eigenvalue weighted by molar-refractivity contribution is 7.99.